The fraction of sp³-hybridized carbons (Fsp3) is 0.579. The molecule has 1 fully saturated rings. The average molecular weight is 254 g/mol. The van der Waals surface area contributed by atoms with Gasteiger partial charge >= 0.3 is 0 Å². The van der Waals surface area contributed by atoms with Crippen molar-refractivity contribution in [1.29, 1.82) is 0 Å². The van der Waals surface area contributed by atoms with E-state index in [2.05, 4.69) is 57.2 Å². The Morgan fingerprint density at radius 1 is 1.11 bits per heavy atom. The number of benzene rings is 1. The Kier molecular flexibility index (Phi) is 3.52. The van der Waals surface area contributed by atoms with Crippen molar-refractivity contribution in [3.63, 3.8) is 0 Å². The van der Waals surface area contributed by atoms with Crippen molar-refractivity contribution in [2.24, 2.45) is 23.7 Å². The predicted molar refractivity (Wildman–Crippen MR) is 83.1 cm³/mol. The SMILES string of the molecule is CC(C)[C@@H]1CC[C@H](C)C[C@@H]1C1C=Cc2ccccc21. The smallest absolute Gasteiger partial charge is 0.00583 e. The monoisotopic (exact) mass is 254 g/mol. The Labute approximate surface area is 117 Å². The fourth-order valence-corrected chi connectivity index (χ4v) is 4.34. The molecule has 102 valence electrons. The summed E-state index contributed by atoms with van der Waals surface area (Å²) >= 11 is 0. The van der Waals surface area contributed by atoms with Crippen LogP contribution in [0.25, 0.3) is 6.08 Å². The quantitative estimate of drug-likeness (QED) is 0.653. The lowest BCUT2D eigenvalue weighted by Gasteiger charge is -2.40. The van der Waals surface area contributed by atoms with Crippen LogP contribution in [0.15, 0.2) is 30.3 Å². The average Bonchev–Trinajstić information content (AvgIpc) is 2.82. The van der Waals surface area contributed by atoms with Gasteiger partial charge < -0.3 is 0 Å². The third kappa shape index (κ3) is 2.38. The van der Waals surface area contributed by atoms with Crippen LogP contribution in [0, 0.1) is 23.7 Å². The first-order valence-electron chi connectivity index (χ1n) is 7.94. The van der Waals surface area contributed by atoms with Gasteiger partial charge in [-0.2, -0.15) is 0 Å². The molecule has 0 saturated heterocycles. The van der Waals surface area contributed by atoms with Gasteiger partial charge in [0.15, 0.2) is 0 Å². The zero-order valence-corrected chi connectivity index (χ0v) is 12.5. The van der Waals surface area contributed by atoms with Crippen LogP contribution < -0.4 is 0 Å². The number of hydrogen-bond acceptors (Lipinski definition) is 0. The highest BCUT2D eigenvalue weighted by atomic mass is 14.4. The molecule has 0 amide bonds. The molecule has 2 aliphatic rings. The topological polar surface area (TPSA) is 0 Å². The lowest BCUT2D eigenvalue weighted by molar-refractivity contribution is 0.133. The summed E-state index contributed by atoms with van der Waals surface area (Å²) in [4.78, 5) is 0. The highest BCUT2D eigenvalue weighted by Crippen LogP contribution is 2.48. The fourth-order valence-electron chi connectivity index (χ4n) is 4.34. The van der Waals surface area contributed by atoms with E-state index in [4.69, 9.17) is 0 Å². The van der Waals surface area contributed by atoms with Gasteiger partial charge in [0.25, 0.3) is 0 Å². The minimum atomic E-state index is 0.673. The molecule has 1 unspecified atom stereocenters. The molecule has 1 saturated carbocycles. The molecule has 0 heterocycles. The largest absolute Gasteiger partial charge is 0.0761 e. The van der Waals surface area contributed by atoms with E-state index in [-0.39, 0.29) is 0 Å². The molecular formula is C19H26. The van der Waals surface area contributed by atoms with Crippen LogP contribution in [0.1, 0.15) is 57.1 Å². The van der Waals surface area contributed by atoms with Crippen molar-refractivity contribution >= 4 is 6.08 Å². The van der Waals surface area contributed by atoms with E-state index >= 15 is 0 Å². The normalized spacial score (nSPS) is 33.7. The first-order chi connectivity index (χ1) is 9.16. The standard InChI is InChI=1S/C19H26/c1-13(2)16-10-8-14(3)12-19(16)18-11-9-15-6-4-5-7-17(15)18/h4-7,9,11,13-14,16,18-19H,8,10,12H2,1-3H3/t14-,16-,18?,19-/m0/s1. The van der Waals surface area contributed by atoms with Crippen LogP contribution in [0.2, 0.25) is 0 Å². The summed E-state index contributed by atoms with van der Waals surface area (Å²) in [5.74, 6) is 4.15. The van der Waals surface area contributed by atoms with Gasteiger partial charge in [-0.25, -0.2) is 0 Å². The molecule has 3 rings (SSSR count). The molecule has 0 radical (unpaired) electrons. The molecule has 0 aliphatic heterocycles. The molecule has 0 nitrogen and oxygen atoms in total. The molecule has 0 spiro atoms. The number of fused-ring (bicyclic) bond motifs is 1. The molecule has 4 atom stereocenters. The van der Waals surface area contributed by atoms with Crippen molar-refractivity contribution in [3.05, 3.63) is 41.5 Å². The number of allylic oxidation sites excluding steroid dienone is 1. The molecule has 0 heteroatoms. The summed E-state index contributed by atoms with van der Waals surface area (Å²) in [5.41, 5.74) is 3.03. The van der Waals surface area contributed by atoms with Crippen molar-refractivity contribution < 1.29 is 0 Å². The number of rotatable bonds is 2. The Balaban J connectivity index is 1.90. The second-order valence-electron chi connectivity index (χ2n) is 7.00. The van der Waals surface area contributed by atoms with Crippen LogP contribution in [0.3, 0.4) is 0 Å². The van der Waals surface area contributed by atoms with Crippen LogP contribution in [0.4, 0.5) is 0 Å². The Bertz CT molecular complexity index is 469. The van der Waals surface area contributed by atoms with Gasteiger partial charge in [0.1, 0.15) is 0 Å². The third-order valence-electron chi connectivity index (χ3n) is 5.37. The van der Waals surface area contributed by atoms with Crippen LogP contribution in [-0.2, 0) is 0 Å². The molecule has 0 bridgehead atoms. The van der Waals surface area contributed by atoms with Crippen LogP contribution in [0.5, 0.6) is 0 Å². The van der Waals surface area contributed by atoms with E-state index in [9.17, 15) is 0 Å². The van der Waals surface area contributed by atoms with Gasteiger partial charge in [0.2, 0.25) is 0 Å². The summed E-state index contributed by atoms with van der Waals surface area (Å²) in [6.45, 7) is 7.27. The Hall–Kier alpha value is -1.04. The van der Waals surface area contributed by atoms with Gasteiger partial charge in [0, 0.05) is 5.92 Å². The van der Waals surface area contributed by atoms with Gasteiger partial charge in [-0.1, -0.05) is 63.6 Å². The van der Waals surface area contributed by atoms with Gasteiger partial charge in [0.05, 0.1) is 0 Å². The zero-order valence-electron chi connectivity index (χ0n) is 12.5. The Morgan fingerprint density at radius 2 is 1.89 bits per heavy atom. The summed E-state index contributed by atoms with van der Waals surface area (Å²) in [5, 5.41) is 0. The van der Waals surface area contributed by atoms with Crippen LogP contribution in [-0.4, -0.2) is 0 Å². The molecule has 2 aliphatic carbocycles. The maximum atomic E-state index is 2.47. The molecule has 0 aromatic heterocycles. The second-order valence-corrected chi connectivity index (χ2v) is 7.00. The molecule has 1 aromatic carbocycles. The third-order valence-corrected chi connectivity index (χ3v) is 5.37. The van der Waals surface area contributed by atoms with Crippen molar-refractivity contribution in [2.45, 2.75) is 46.0 Å². The summed E-state index contributed by atoms with van der Waals surface area (Å²) in [7, 11) is 0. The first-order valence-corrected chi connectivity index (χ1v) is 7.94. The van der Waals surface area contributed by atoms with Crippen molar-refractivity contribution in [2.75, 3.05) is 0 Å². The molecule has 1 aromatic rings. The highest BCUT2D eigenvalue weighted by Gasteiger charge is 2.37. The lowest BCUT2D eigenvalue weighted by Crippen LogP contribution is -2.31. The summed E-state index contributed by atoms with van der Waals surface area (Å²) < 4.78 is 0. The van der Waals surface area contributed by atoms with E-state index < -0.39 is 0 Å². The van der Waals surface area contributed by atoms with Crippen molar-refractivity contribution in [3.8, 4) is 0 Å². The van der Waals surface area contributed by atoms with E-state index in [0.29, 0.717) is 5.92 Å². The van der Waals surface area contributed by atoms with Gasteiger partial charge in [-0.15, -0.1) is 0 Å². The maximum Gasteiger partial charge on any atom is 0.00583 e. The van der Waals surface area contributed by atoms with E-state index in [0.717, 1.165) is 23.7 Å². The van der Waals surface area contributed by atoms with E-state index in [1.54, 1.807) is 5.56 Å². The molecular weight excluding hydrogens is 228 g/mol. The summed E-state index contributed by atoms with van der Waals surface area (Å²) in [6.07, 6.45) is 9.08. The minimum Gasteiger partial charge on any atom is -0.0761 e. The van der Waals surface area contributed by atoms with Gasteiger partial charge in [-0.3, -0.25) is 0 Å². The van der Waals surface area contributed by atoms with E-state index in [1.165, 1.54) is 24.8 Å². The number of hydrogen-bond donors (Lipinski definition) is 0. The minimum absolute atomic E-state index is 0.673. The first kappa shape index (κ1) is 13.0. The van der Waals surface area contributed by atoms with E-state index in [1.807, 2.05) is 0 Å². The highest BCUT2D eigenvalue weighted by molar-refractivity contribution is 5.62. The molecule has 0 N–H and O–H groups in total. The van der Waals surface area contributed by atoms with Crippen molar-refractivity contribution in [1.82, 2.24) is 0 Å². The predicted octanol–water partition coefficient (Wildman–Crippen LogP) is 5.51. The zero-order chi connectivity index (χ0) is 13.4. The lowest BCUT2D eigenvalue weighted by atomic mass is 9.64. The second kappa shape index (κ2) is 5.15. The maximum absolute atomic E-state index is 2.47. The summed E-state index contributed by atoms with van der Waals surface area (Å²) in [6, 6.07) is 8.98. The van der Waals surface area contributed by atoms with Gasteiger partial charge in [-0.05, 0) is 47.6 Å². The molecule has 19 heavy (non-hydrogen) atoms. The Morgan fingerprint density at radius 3 is 2.68 bits per heavy atom. The van der Waals surface area contributed by atoms with Crippen LogP contribution >= 0.6 is 0 Å².